The molecule has 3 heterocycles. The molecule has 1 amide bonds. The molecule has 3 rings (SSSR count). The number of hydrogen-bond acceptors (Lipinski definition) is 4. The fourth-order valence-corrected chi connectivity index (χ4v) is 4.07. The summed E-state index contributed by atoms with van der Waals surface area (Å²) in [5, 5.41) is 7.77. The van der Waals surface area contributed by atoms with E-state index in [0.29, 0.717) is 18.9 Å². The van der Waals surface area contributed by atoms with Gasteiger partial charge in [-0.05, 0) is 57.8 Å². The number of likely N-dealkylation sites (tertiary alicyclic amines) is 1. The van der Waals surface area contributed by atoms with Gasteiger partial charge < -0.3 is 9.73 Å². The zero-order valence-electron chi connectivity index (χ0n) is 17.7. The van der Waals surface area contributed by atoms with Crippen LogP contribution in [0.4, 0.5) is 0 Å². The molecule has 0 radical (unpaired) electrons. The van der Waals surface area contributed by atoms with Crippen molar-refractivity contribution < 1.29 is 9.21 Å². The Labute approximate surface area is 168 Å². The zero-order chi connectivity index (χ0) is 20.1. The molecule has 28 heavy (non-hydrogen) atoms. The maximum atomic E-state index is 12.7. The van der Waals surface area contributed by atoms with Crippen LogP contribution in [-0.4, -0.2) is 40.2 Å². The van der Waals surface area contributed by atoms with Crippen molar-refractivity contribution in [1.29, 1.82) is 0 Å². The van der Waals surface area contributed by atoms with E-state index in [1.165, 1.54) is 19.3 Å². The number of piperidine rings is 1. The summed E-state index contributed by atoms with van der Waals surface area (Å²) in [7, 11) is 0. The van der Waals surface area contributed by atoms with Crippen LogP contribution >= 0.6 is 0 Å². The largest absolute Gasteiger partial charge is 0.468 e. The first-order chi connectivity index (χ1) is 13.5. The maximum Gasteiger partial charge on any atom is 0.224 e. The highest BCUT2D eigenvalue weighted by molar-refractivity contribution is 5.79. The second kappa shape index (κ2) is 9.41. The van der Waals surface area contributed by atoms with Gasteiger partial charge in [0.1, 0.15) is 5.76 Å². The van der Waals surface area contributed by atoms with Gasteiger partial charge in [-0.1, -0.05) is 20.3 Å². The van der Waals surface area contributed by atoms with E-state index in [2.05, 4.69) is 36.1 Å². The molecule has 6 nitrogen and oxygen atoms in total. The van der Waals surface area contributed by atoms with Gasteiger partial charge in [-0.3, -0.25) is 14.4 Å². The monoisotopic (exact) mass is 386 g/mol. The second-order valence-corrected chi connectivity index (χ2v) is 8.33. The molecule has 1 atom stereocenters. The number of carbonyl (C=O) groups excluding carboxylic acids is 1. The average molecular weight is 387 g/mol. The molecule has 0 aromatic carbocycles. The summed E-state index contributed by atoms with van der Waals surface area (Å²) in [6, 6.07) is 4.03. The number of furan rings is 1. The molecule has 2 aromatic heterocycles. The SMILES string of the molecule is Cc1nn(CC(C)C)c(C)c1CC(=O)NC[C@H](c1ccco1)N1CCCCC1. The third-order valence-electron chi connectivity index (χ3n) is 5.60. The predicted molar refractivity (Wildman–Crippen MR) is 110 cm³/mol. The van der Waals surface area contributed by atoms with Crippen LogP contribution in [0.1, 0.15) is 61.9 Å². The van der Waals surface area contributed by atoms with Crippen molar-refractivity contribution in [2.24, 2.45) is 5.92 Å². The Morgan fingerprint density at radius 3 is 2.64 bits per heavy atom. The summed E-state index contributed by atoms with van der Waals surface area (Å²) < 4.78 is 7.70. The minimum Gasteiger partial charge on any atom is -0.468 e. The van der Waals surface area contributed by atoms with E-state index in [-0.39, 0.29) is 11.9 Å². The van der Waals surface area contributed by atoms with E-state index in [9.17, 15) is 4.79 Å². The fourth-order valence-electron chi connectivity index (χ4n) is 4.07. The first-order valence-electron chi connectivity index (χ1n) is 10.5. The van der Waals surface area contributed by atoms with Crippen LogP contribution < -0.4 is 5.32 Å². The summed E-state index contributed by atoms with van der Waals surface area (Å²) in [6.45, 7) is 12.0. The lowest BCUT2D eigenvalue weighted by molar-refractivity contribution is -0.120. The lowest BCUT2D eigenvalue weighted by Gasteiger charge is -2.33. The van der Waals surface area contributed by atoms with Gasteiger partial charge in [0.05, 0.1) is 24.4 Å². The smallest absolute Gasteiger partial charge is 0.224 e. The quantitative estimate of drug-likeness (QED) is 0.752. The Hall–Kier alpha value is -2.08. The molecule has 0 bridgehead atoms. The number of amides is 1. The number of nitrogens with zero attached hydrogens (tertiary/aromatic N) is 3. The van der Waals surface area contributed by atoms with Crippen LogP contribution in [0, 0.1) is 19.8 Å². The Morgan fingerprint density at radius 2 is 2.00 bits per heavy atom. The number of rotatable bonds is 8. The van der Waals surface area contributed by atoms with Crippen LogP contribution in [0.5, 0.6) is 0 Å². The number of aryl methyl sites for hydroxylation is 1. The van der Waals surface area contributed by atoms with Gasteiger partial charge in [0.25, 0.3) is 0 Å². The predicted octanol–water partition coefficient (Wildman–Crippen LogP) is 3.63. The van der Waals surface area contributed by atoms with E-state index in [4.69, 9.17) is 4.42 Å². The lowest BCUT2D eigenvalue weighted by Crippen LogP contribution is -2.40. The molecule has 0 aliphatic carbocycles. The first kappa shape index (κ1) is 20.6. The summed E-state index contributed by atoms with van der Waals surface area (Å²) in [6.07, 6.45) is 5.79. The van der Waals surface area contributed by atoms with Gasteiger partial charge in [0.2, 0.25) is 5.91 Å². The van der Waals surface area contributed by atoms with E-state index in [0.717, 1.165) is 42.3 Å². The Morgan fingerprint density at radius 1 is 1.25 bits per heavy atom. The first-order valence-corrected chi connectivity index (χ1v) is 10.5. The van der Waals surface area contributed by atoms with Gasteiger partial charge in [-0.2, -0.15) is 5.10 Å². The highest BCUT2D eigenvalue weighted by atomic mass is 16.3. The molecule has 1 aliphatic rings. The number of hydrogen-bond donors (Lipinski definition) is 1. The van der Waals surface area contributed by atoms with Gasteiger partial charge in [-0.25, -0.2) is 0 Å². The van der Waals surface area contributed by atoms with Gasteiger partial charge in [0.15, 0.2) is 0 Å². The van der Waals surface area contributed by atoms with Crippen molar-refractivity contribution in [3.05, 3.63) is 41.1 Å². The standard InChI is InChI=1S/C22H34N4O2/c1-16(2)15-26-18(4)19(17(3)24-26)13-22(27)23-14-20(21-9-8-12-28-21)25-10-6-5-7-11-25/h8-9,12,16,20H,5-7,10-11,13-15H2,1-4H3,(H,23,27)/t20-/m1/s1. The molecular weight excluding hydrogens is 352 g/mol. The summed E-state index contributed by atoms with van der Waals surface area (Å²) in [5.74, 6) is 1.50. The molecule has 1 N–H and O–H groups in total. The van der Waals surface area contributed by atoms with Crippen molar-refractivity contribution in [2.75, 3.05) is 19.6 Å². The molecular formula is C22H34N4O2. The van der Waals surface area contributed by atoms with E-state index >= 15 is 0 Å². The van der Waals surface area contributed by atoms with Crippen molar-refractivity contribution in [1.82, 2.24) is 20.0 Å². The Kier molecular flexibility index (Phi) is 6.94. The van der Waals surface area contributed by atoms with Crippen LogP contribution in [0.3, 0.4) is 0 Å². The molecule has 0 unspecified atom stereocenters. The zero-order valence-corrected chi connectivity index (χ0v) is 17.7. The minimum absolute atomic E-state index is 0.0452. The Balaban J connectivity index is 1.63. The van der Waals surface area contributed by atoms with Crippen LogP contribution in [0.25, 0.3) is 0 Å². The van der Waals surface area contributed by atoms with Crippen molar-refractivity contribution >= 4 is 5.91 Å². The van der Waals surface area contributed by atoms with Gasteiger partial charge in [-0.15, -0.1) is 0 Å². The fraction of sp³-hybridized carbons (Fsp3) is 0.636. The van der Waals surface area contributed by atoms with E-state index in [1.54, 1.807) is 6.26 Å². The number of nitrogens with one attached hydrogen (secondary N) is 1. The molecule has 0 spiro atoms. The lowest BCUT2D eigenvalue weighted by atomic mass is 10.1. The van der Waals surface area contributed by atoms with Gasteiger partial charge in [0, 0.05) is 24.3 Å². The molecule has 6 heteroatoms. The van der Waals surface area contributed by atoms with Crippen LogP contribution in [0.2, 0.25) is 0 Å². The Bertz CT molecular complexity index is 758. The summed E-state index contributed by atoms with van der Waals surface area (Å²) >= 11 is 0. The minimum atomic E-state index is 0.0452. The topological polar surface area (TPSA) is 63.3 Å². The molecule has 1 fully saturated rings. The maximum absolute atomic E-state index is 12.7. The molecule has 0 saturated carbocycles. The summed E-state index contributed by atoms with van der Waals surface area (Å²) in [4.78, 5) is 15.1. The van der Waals surface area contributed by atoms with E-state index < -0.39 is 0 Å². The summed E-state index contributed by atoms with van der Waals surface area (Å²) in [5.41, 5.74) is 3.09. The van der Waals surface area contributed by atoms with Crippen molar-refractivity contribution in [2.45, 2.75) is 66.0 Å². The molecule has 2 aromatic rings. The van der Waals surface area contributed by atoms with E-state index in [1.807, 2.05) is 23.7 Å². The van der Waals surface area contributed by atoms with Gasteiger partial charge >= 0.3 is 0 Å². The third-order valence-corrected chi connectivity index (χ3v) is 5.60. The number of carbonyl (C=O) groups is 1. The van der Waals surface area contributed by atoms with Crippen LogP contribution in [-0.2, 0) is 17.8 Å². The van der Waals surface area contributed by atoms with Crippen LogP contribution in [0.15, 0.2) is 22.8 Å². The van der Waals surface area contributed by atoms with Crippen molar-refractivity contribution in [3.8, 4) is 0 Å². The van der Waals surface area contributed by atoms with Crippen molar-refractivity contribution in [3.63, 3.8) is 0 Å². The normalized spacial score (nSPS) is 16.5. The molecule has 1 aliphatic heterocycles. The highest BCUT2D eigenvalue weighted by Crippen LogP contribution is 2.24. The molecule has 1 saturated heterocycles. The number of aromatic nitrogens is 2. The molecule has 154 valence electrons. The highest BCUT2D eigenvalue weighted by Gasteiger charge is 2.25. The average Bonchev–Trinajstić information content (AvgIpc) is 3.27. The second-order valence-electron chi connectivity index (χ2n) is 8.33. The third kappa shape index (κ3) is 5.04.